The number of rotatable bonds is 7. The van der Waals surface area contributed by atoms with Gasteiger partial charge < -0.3 is 15.8 Å². The molecule has 0 radical (unpaired) electrons. The van der Waals surface area contributed by atoms with Gasteiger partial charge in [-0.15, -0.1) is 12.4 Å². The second-order valence-corrected chi connectivity index (χ2v) is 4.06. The predicted molar refractivity (Wildman–Crippen MR) is 75.0 cm³/mol. The van der Waals surface area contributed by atoms with Gasteiger partial charge in [-0.2, -0.15) is 0 Å². The first-order chi connectivity index (χ1) is 8.63. The van der Waals surface area contributed by atoms with E-state index in [4.69, 9.17) is 10.5 Å². The molecule has 4 nitrogen and oxygen atoms in total. The zero-order chi connectivity index (χ0) is 13.4. The summed E-state index contributed by atoms with van der Waals surface area (Å²) >= 11 is 0. The lowest BCUT2D eigenvalue weighted by Gasteiger charge is -2.15. The first-order valence-corrected chi connectivity index (χ1v) is 6.01. The number of ether oxygens (including phenoxy) is 1. The van der Waals surface area contributed by atoms with Crippen molar-refractivity contribution in [3.05, 3.63) is 30.1 Å². The molecular weight excluding hydrogens is 271 g/mol. The highest BCUT2D eigenvalue weighted by Gasteiger charge is 2.09. The smallest absolute Gasteiger partial charge is 0.220 e. The van der Waals surface area contributed by atoms with Crippen LogP contribution in [0.5, 0.6) is 5.75 Å². The van der Waals surface area contributed by atoms with Crippen LogP contribution in [0.1, 0.15) is 19.8 Å². The monoisotopic (exact) mass is 290 g/mol. The summed E-state index contributed by atoms with van der Waals surface area (Å²) in [6, 6.07) is 6.19. The van der Waals surface area contributed by atoms with Crippen LogP contribution < -0.4 is 15.8 Å². The fourth-order valence-corrected chi connectivity index (χ4v) is 1.41. The molecule has 6 heteroatoms. The van der Waals surface area contributed by atoms with Crippen LogP contribution in [0.25, 0.3) is 0 Å². The summed E-state index contributed by atoms with van der Waals surface area (Å²) in [6.45, 7) is 2.61. The molecule has 1 aromatic rings. The molecule has 0 heterocycles. The van der Waals surface area contributed by atoms with Crippen molar-refractivity contribution in [3.8, 4) is 5.75 Å². The summed E-state index contributed by atoms with van der Waals surface area (Å²) in [6.07, 6.45) is 0.779. The second-order valence-electron chi connectivity index (χ2n) is 4.06. The Morgan fingerprint density at radius 2 is 2.16 bits per heavy atom. The molecule has 108 valence electrons. The van der Waals surface area contributed by atoms with Crippen molar-refractivity contribution in [2.24, 2.45) is 5.73 Å². The van der Waals surface area contributed by atoms with Crippen molar-refractivity contribution >= 4 is 18.3 Å². The third kappa shape index (κ3) is 6.98. The van der Waals surface area contributed by atoms with Crippen LogP contribution in [0, 0.1) is 5.82 Å². The van der Waals surface area contributed by atoms with Crippen LogP contribution in [-0.2, 0) is 4.79 Å². The van der Waals surface area contributed by atoms with Gasteiger partial charge >= 0.3 is 0 Å². The summed E-state index contributed by atoms with van der Waals surface area (Å²) in [4.78, 5) is 11.3. The zero-order valence-corrected chi connectivity index (χ0v) is 11.7. The number of para-hydroxylation sites is 1. The quantitative estimate of drug-likeness (QED) is 0.806. The van der Waals surface area contributed by atoms with Gasteiger partial charge in [0, 0.05) is 6.42 Å². The van der Waals surface area contributed by atoms with E-state index in [1.54, 1.807) is 25.1 Å². The van der Waals surface area contributed by atoms with E-state index in [0.29, 0.717) is 25.9 Å². The number of carbonyl (C=O) groups excluding carboxylic acids is 1. The van der Waals surface area contributed by atoms with Crippen LogP contribution in [0.4, 0.5) is 4.39 Å². The minimum atomic E-state index is -0.404. The molecule has 1 rings (SSSR count). The van der Waals surface area contributed by atoms with E-state index in [0.717, 1.165) is 0 Å². The molecule has 1 atom stereocenters. The van der Waals surface area contributed by atoms with Gasteiger partial charge in [-0.1, -0.05) is 12.1 Å². The van der Waals surface area contributed by atoms with E-state index in [-0.39, 0.29) is 30.2 Å². The first kappa shape index (κ1) is 17.7. The molecule has 0 bridgehead atoms. The van der Waals surface area contributed by atoms with Gasteiger partial charge in [0.1, 0.15) is 6.10 Å². The molecule has 3 N–H and O–H groups in total. The van der Waals surface area contributed by atoms with Gasteiger partial charge in [0.25, 0.3) is 0 Å². The highest BCUT2D eigenvalue weighted by molar-refractivity contribution is 5.85. The van der Waals surface area contributed by atoms with E-state index >= 15 is 0 Å². The van der Waals surface area contributed by atoms with Crippen molar-refractivity contribution in [2.75, 3.05) is 13.1 Å². The average molecular weight is 291 g/mol. The predicted octanol–water partition coefficient (Wildman–Crippen LogP) is 1.87. The number of amides is 1. The molecular formula is C13H20ClFN2O2. The Balaban J connectivity index is 0.00000324. The third-order valence-corrected chi connectivity index (χ3v) is 2.36. The number of benzene rings is 1. The molecule has 1 aromatic carbocycles. The van der Waals surface area contributed by atoms with Crippen molar-refractivity contribution in [3.63, 3.8) is 0 Å². The molecule has 19 heavy (non-hydrogen) atoms. The maximum absolute atomic E-state index is 13.3. The summed E-state index contributed by atoms with van der Waals surface area (Å²) in [7, 11) is 0. The molecule has 0 saturated heterocycles. The molecule has 0 spiro atoms. The lowest BCUT2D eigenvalue weighted by Crippen LogP contribution is -2.33. The highest BCUT2D eigenvalue weighted by atomic mass is 35.5. The van der Waals surface area contributed by atoms with Gasteiger partial charge in [-0.3, -0.25) is 4.79 Å². The highest BCUT2D eigenvalue weighted by Crippen LogP contribution is 2.16. The summed E-state index contributed by atoms with van der Waals surface area (Å²) < 4.78 is 18.7. The normalized spacial score (nSPS) is 11.3. The largest absolute Gasteiger partial charge is 0.486 e. The van der Waals surface area contributed by atoms with Gasteiger partial charge in [0.15, 0.2) is 11.6 Å². The molecule has 0 aliphatic rings. The Hall–Kier alpha value is -1.33. The van der Waals surface area contributed by atoms with Crippen molar-refractivity contribution in [2.45, 2.75) is 25.9 Å². The van der Waals surface area contributed by atoms with Crippen LogP contribution in [-0.4, -0.2) is 25.1 Å². The Kier molecular flexibility index (Phi) is 8.91. The SMILES string of the molecule is CC(CNC(=O)CCCN)Oc1ccccc1F.Cl. The van der Waals surface area contributed by atoms with Crippen molar-refractivity contribution in [1.29, 1.82) is 0 Å². The van der Waals surface area contributed by atoms with Gasteiger partial charge in [-0.25, -0.2) is 4.39 Å². The van der Waals surface area contributed by atoms with Gasteiger partial charge in [0.2, 0.25) is 5.91 Å². The van der Waals surface area contributed by atoms with Crippen molar-refractivity contribution in [1.82, 2.24) is 5.32 Å². The molecule has 0 fully saturated rings. The molecule has 0 aliphatic carbocycles. The topological polar surface area (TPSA) is 64.4 Å². The average Bonchev–Trinajstić information content (AvgIpc) is 2.36. The fourth-order valence-electron chi connectivity index (χ4n) is 1.41. The Bertz CT molecular complexity index is 391. The van der Waals surface area contributed by atoms with Gasteiger partial charge in [-0.05, 0) is 32.0 Å². The van der Waals surface area contributed by atoms with Crippen LogP contribution in [0.2, 0.25) is 0 Å². The Labute approximate surface area is 118 Å². The Morgan fingerprint density at radius 3 is 2.79 bits per heavy atom. The van der Waals surface area contributed by atoms with E-state index in [1.165, 1.54) is 6.07 Å². The third-order valence-electron chi connectivity index (χ3n) is 2.36. The molecule has 0 saturated carbocycles. The number of nitrogens with one attached hydrogen (secondary N) is 1. The number of nitrogens with two attached hydrogens (primary N) is 1. The summed E-state index contributed by atoms with van der Waals surface area (Å²) in [5, 5.41) is 2.72. The van der Waals surface area contributed by atoms with Crippen molar-refractivity contribution < 1.29 is 13.9 Å². The van der Waals surface area contributed by atoms with Crippen LogP contribution >= 0.6 is 12.4 Å². The number of hydrogen-bond donors (Lipinski definition) is 2. The zero-order valence-electron chi connectivity index (χ0n) is 10.9. The lowest BCUT2D eigenvalue weighted by atomic mass is 10.3. The number of carbonyl (C=O) groups is 1. The summed E-state index contributed by atoms with van der Waals surface area (Å²) in [5.74, 6) is -0.274. The fraction of sp³-hybridized carbons (Fsp3) is 0.462. The van der Waals surface area contributed by atoms with Crippen LogP contribution in [0.15, 0.2) is 24.3 Å². The number of halogens is 2. The molecule has 0 aliphatic heterocycles. The minimum Gasteiger partial charge on any atom is -0.486 e. The van der Waals surface area contributed by atoms with Crippen LogP contribution in [0.3, 0.4) is 0 Å². The maximum atomic E-state index is 13.3. The second kappa shape index (κ2) is 9.58. The van der Waals surface area contributed by atoms with E-state index < -0.39 is 5.82 Å². The number of hydrogen-bond acceptors (Lipinski definition) is 3. The molecule has 1 amide bonds. The lowest BCUT2D eigenvalue weighted by molar-refractivity contribution is -0.121. The van der Waals surface area contributed by atoms with E-state index in [1.807, 2.05) is 0 Å². The maximum Gasteiger partial charge on any atom is 0.220 e. The molecule has 1 unspecified atom stereocenters. The molecule has 0 aromatic heterocycles. The Morgan fingerprint density at radius 1 is 1.47 bits per heavy atom. The van der Waals surface area contributed by atoms with E-state index in [9.17, 15) is 9.18 Å². The van der Waals surface area contributed by atoms with E-state index in [2.05, 4.69) is 5.32 Å². The first-order valence-electron chi connectivity index (χ1n) is 6.01. The minimum absolute atomic E-state index is 0. The van der Waals surface area contributed by atoms with Gasteiger partial charge in [0.05, 0.1) is 6.54 Å². The summed E-state index contributed by atoms with van der Waals surface area (Å²) in [5.41, 5.74) is 5.31. The standard InChI is InChI=1S/C13H19FN2O2.ClH/c1-10(9-16-13(17)7-4-8-15)18-12-6-3-2-5-11(12)14;/h2-3,5-6,10H,4,7-9,15H2,1H3,(H,16,17);1H.